The number of thiol groups is 1. The zero-order chi connectivity index (χ0) is 8.85. The third-order valence-corrected chi connectivity index (χ3v) is 1.63. The Bertz CT molecular complexity index is 102. The first-order chi connectivity index (χ1) is 5.11. The highest BCUT2D eigenvalue weighted by molar-refractivity contribution is 7.80. The Labute approximate surface area is 72.0 Å². The predicted molar refractivity (Wildman–Crippen MR) is 45.5 cm³/mol. The van der Waals surface area contributed by atoms with Gasteiger partial charge >= 0.3 is 0 Å². The zero-order valence-electron chi connectivity index (χ0n) is 6.69. The van der Waals surface area contributed by atoms with Crippen LogP contribution in [0.1, 0.15) is 6.92 Å². The Morgan fingerprint density at radius 3 is 2.36 bits per heavy atom. The number of aliphatic hydroxyl groups is 2. The average Bonchev–Trinajstić information content (AvgIpc) is 1.98. The Hall–Kier alpha value is 0.190. The quantitative estimate of drug-likeness (QED) is 0.330. The minimum atomic E-state index is -0.929. The second-order valence-electron chi connectivity index (χ2n) is 2.26. The van der Waals surface area contributed by atoms with Gasteiger partial charge in [0.1, 0.15) is 6.23 Å². The normalized spacial score (nSPS) is 19.4. The largest absolute Gasteiger partial charge is 0.379 e. The van der Waals surface area contributed by atoms with Crippen LogP contribution < -0.4 is 5.32 Å². The van der Waals surface area contributed by atoms with Crippen LogP contribution in [0.4, 0.5) is 0 Å². The summed E-state index contributed by atoms with van der Waals surface area (Å²) in [6.07, 6.45) is -1.60. The fourth-order valence-corrected chi connectivity index (χ4v) is 0.985. The van der Waals surface area contributed by atoms with E-state index in [0.717, 1.165) is 0 Å². The molecule has 0 aliphatic carbocycles. The van der Waals surface area contributed by atoms with Gasteiger partial charge in [-0.25, -0.2) is 0 Å². The molecule has 0 aliphatic rings. The fraction of sp³-hybridized carbons (Fsp3) is 1.00. The van der Waals surface area contributed by atoms with E-state index < -0.39 is 12.5 Å². The second-order valence-corrected chi connectivity index (χ2v) is 2.62. The van der Waals surface area contributed by atoms with Crippen LogP contribution >= 0.6 is 12.6 Å². The Morgan fingerprint density at radius 1 is 1.55 bits per heavy atom. The molecule has 0 fully saturated rings. The number of rotatable bonds is 5. The fourth-order valence-electron chi connectivity index (χ4n) is 0.699. The molecule has 3 atom stereocenters. The lowest BCUT2D eigenvalue weighted by atomic mass is 10.3. The van der Waals surface area contributed by atoms with Gasteiger partial charge in [-0.15, -0.1) is 0 Å². The molecular formula is C6H15NO3S. The van der Waals surface area contributed by atoms with Crippen molar-refractivity contribution in [2.45, 2.75) is 25.5 Å². The van der Waals surface area contributed by atoms with Gasteiger partial charge in [0.15, 0.2) is 6.29 Å². The lowest BCUT2D eigenvalue weighted by Crippen LogP contribution is -2.46. The van der Waals surface area contributed by atoms with Crippen LogP contribution in [0.2, 0.25) is 0 Å². The van der Waals surface area contributed by atoms with Gasteiger partial charge in [-0.3, -0.25) is 5.32 Å². The molecule has 3 N–H and O–H groups in total. The smallest absolute Gasteiger partial charge is 0.170 e. The summed E-state index contributed by atoms with van der Waals surface area (Å²) in [5.41, 5.74) is 0. The van der Waals surface area contributed by atoms with Crippen LogP contribution in [0.25, 0.3) is 0 Å². The van der Waals surface area contributed by atoms with Crippen LogP contribution in [0, 0.1) is 0 Å². The lowest BCUT2D eigenvalue weighted by molar-refractivity contribution is -0.0993. The maximum Gasteiger partial charge on any atom is 0.170 e. The van der Waals surface area contributed by atoms with Crippen molar-refractivity contribution < 1.29 is 14.9 Å². The van der Waals surface area contributed by atoms with Gasteiger partial charge in [0.25, 0.3) is 0 Å². The Balaban J connectivity index is 3.74. The Kier molecular flexibility index (Phi) is 5.89. The molecule has 0 spiro atoms. The van der Waals surface area contributed by atoms with Crippen molar-refractivity contribution >= 4 is 12.6 Å². The van der Waals surface area contributed by atoms with Crippen molar-refractivity contribution in [3.05, 3.63) is 0 Å². The second kappa shape index (κ2) is 5.79. The third kappa shape index (κ3) is 4.60. The molecule has 0 saturated heterocycles. The van der Waals surface area contributed by atoms with E-state index in [9.17, 15) is 0 Å². The maximum absolute atomic E-state index is 9.12. The van der Waals surface area contributed by atoms with Crippen molar-refractivity contribution in [1.29, 1.82) is 0 Å². The van der Waals surface area contributed by atoms with Gasteiger partial charge in [0.2, 0.25) is 0 Å². The lowest BCUT2D eigenvalue weighted by Gasteiger charge is -2.22. The van der Waals surface area contributed by atoms with Crippen molar-refractivity contribution in [1.82, 2.24) is 5.32 Å². The van der Waals surface area contributed by atoms with Gasteiger partial charge in [-0.1, -0.05) is 0 Å². The first-order valence-corrected chi connectivity index (χ1v) is 4.01. The topological polar surface area (TPSA) is 61.7 Å². The summed E-state index contributed by atoms with van der Waals surface area (Å²) in [6, 6.07) is -0.344. The van der Waals surface area contributed by atoms with Gasteiger partial charge < -0.3 is 14.9 Å². The van der Waals surface area contributed by atoms with E-state index in [0.29, 0.717) is 5.75 Å². The summed E-state index contributed by atoms with van der Waals surface area (Å²) >= 11 is 3.97. The number of nitrogens with one attached hydrogen (secondary N) is 1. The molecule has 0 rings (SSSR count). The van der Waals surface area contributed by atoms with Crippen molar-refractivity contribution in [2.75, 3.05) is 12.9 Å². The van der Waals surface area contributed by atoms with Crippen LogP contribution in [-0.4, -0.2) is 41.6 Å². The highest BCUT2D eigenvalue weighted by atomic mass is 32.1. The van der Waals surface area contributed by atoms with E-state index in [1.54, 1.807) is 6.92 Å². The number of ether oxygens (including phenoxy) is 1. The van der Waals surface area contributed by atoms with E-state index in [4.69, 9.17) is 10.2 Å². The minimum absolute atomic E-state index is 0.344. The molecule has 0 bridgehead atoms. The van der Waals surface area contributed by atoms with Crippen LogP contribution in [0.5, 0.6) is 0 Å². The van der Waals surface area contributed by atoms with Crippen molar-refractivity contribution in [3.63, 3.8) is 0 Å². The van der Waals surface area contributed by atoms with Crippen LogP contribution in [0.3, 0.4) is 0 Å². The van der Waals surface area contributed by atoms with Gasteiger partial charge in [-0.2, -0.15) is 12.6 Å². The standard InChI is InChI=1S/C6H15NO3S/c1-4(8)7-5(3-11)6(9)10-2/h4-9,11H,3H2,1-2H3/t4?,5-,6?/m0/s1. The molecule has 0 heterocycles. The van der Waals surface area contributed by atoms with Gasteiger partial charge in [0.05, 0.1) is 6.04 Å². The number of hydrogen-bond donors (Lipinski definition) is 4. The Morgan fingerprint density at radius 2 is 2.09 bits per heavy atom. The van der Waals surface area contributed by atoms with Gasteiger partial charge in [-0.05, 0) is 6.92 Å². The molecule has 0 aliphatic heterocycles. The summed E-state index contributed by atoms with van der Waals surface area (Å²) in [7, 11) is 1.39. The molecule has 4 nitrogen and oxygen atoms in total. The molecule has 0 aromatic carbocycles. The summed E-state index contributed by atoms with van der Waals surface area (Å²) < 4.78 is 4.64. The number of methoxy groups -OCH3 is 1. The number of hydrogen-bond acceptors (Lipinski definition) is 5. The van der Waals surface area contributed by atoms with E-state index in [1.807, 2.05) is 0 Å². The van der Waals surface area contributed by atoms with Crippen LogP contribution in [0.15, 0.2) is 0 Å². The maximum atomic E-state index is 9.12. The molecule has 2 unspecified atom stereocenters. The highest BCUT2D eigenvalue weighted by Gasteiger charge is 2.17. The summed E-state index contributed by atoms with van der Waals surface area (Å²) in [6.45, 7) is 1.57. The summed E-state index contributed by atoms with van der Waals surface area (Å²) in [4.78, 5) is 0. The van der Waals surface area contributed by atoms with E-state index in [-0.39, 0.29) is 6.04 Å². The SMILES string of the molecule is COC(O)[C@H](CS)NC(C)O. The van der Waals surface area contributed by atoms with E-state index in [2.05, 4.69) is 22.7 Å². The number of aliphatic hydroxyl groups excluding tert-OH is 2. The monoisotopic (exact) mass is 181 g/mol. The molecule has 11 heavy (non-hydrogen) atoms. The van der Waals surface area contributed by atoms with Gasteiger partial charge in [0, 0.05) is 12.9 Å². The van der Waals surface area contributed by atoms with Crippen molar-refractivity contribution in [2.24, 2.45) is 0 Å². The average molecular weight is 181 g/mol. The highest BCUT2D eigenvalue weighted by Crippen LogP contribution is 1.97. The first kappa shape index (κ1) is 11.2. The molecule has 5 heteroatoms. The summed E-state index contributed by atoms with van der Waals surface area (Å²) in [5.74, 6) is 0.403. The first-order valence-electron chi connectivity index (χ1n) is 3.37. The predicted octanol–water partition coefficient (Wildman–Crippen LogP) is -0.823. The zero-order valence-corrected chi connectivity index (χ0v) is 7.58. The van der Waals surface area contributed by atoms with E-state index in [1.165, 1.54) is 7.11 Å². The van der Waals surface area contributed by atoms with Crippen molar-refractivity contribution in [3.8, 4) is 0 Å². The summed E-state index contributed by atoms with van der Waals surface area (Å²) in [5, 5.41) is 20.7. The van der Waals surface area contributed by atoms with E-state index >= 15 is 0 Å². The molecule has 68 valence electrons. The molecular weight excluding hydrogens is 166 g/mol. The van der Waals surface area contributed by atoms with Crippen LogP contribution in [-0.2, 0) is 4.74 Å². The minimum Gasteiger partial charge on any atom is -0.379 e. The molecule has 0 aromatic heterocycles. The molecule has 0 radical (unpaired) electrons. The molecule has 0 aromatic rings. The molecule has 0 amide bonds. The third-order valence-electron chi connectivity index (χ3n) is 1.24. The molecule has 0 saturated carbocycles.